The number of piperidine rings is 1. The minimum Gasteiger partial charge on any atom is -0.312 e. The predicted molar refractivity (Wildman–Crippen MR) is 97.9 cm³/mol. The molecule has 4 rings (SSSR count). The van der Waals surface area contributed by atoms with Crippen LogP contribution in [-0.4, -0.2) is 46.1 Å². The van der Waals surface area contributed by atoms with Crippen molar-refractivity contribution in [3.63, 3.8) is 0 Å². The average Bonchev–Trinajstić information content (AvgIpc) is 3.38. The zero-order valence-electron chi connectivity index (χ0n) is 14.8. The summed E-state index contributed by atoms with van der Waals surface area (Å²) in [4.78, 5) is 9.35. The Kier molecular flexibility index (Phi) is 4.54. The third kappa shape index (κ3) is 3.44. The molecule has 2 aromatic rings. The van der Waals surface area contributed by atoms with Crippen molar-refractivity contribution in [1.82, 2.24) is 18.8 Å². The van der Waals surface area contributed by atoms with Crippen LogP contribution in [0.2, 0.25) is 0 Å². The lowest BCUT2D eigenvalue weighted by molar-refractivity contribution is 0.245. The van der Waals surface area contributed by atoms with Gasteiger partial charge >= 0.3 is 0 Å². The molecule has 0 spiro atoms. The van der Waals surface area contributed by atoms with Gasteiger partial charge in [0.15, 0.2) is 5.65 Å². The second-order valence-corrected chi connectivity index (χ2v) is 9.47. The van der Waals surface area contributed by atoms with Crippen molar-refractivity contribution in [2.45, 2.75) is 51.5 Å². The van der Waals surface area contributed by atoms with Gasteiger partial charge in [0.05, 0.1) is 5.75 Å². The summed E-state index contributed by atoms with van der Waals surface area (Å²) in [6.07, 6.45) is 6.89. The van der Waals surface area contributed by atoms with Gasteiger partial charge < -0.3 is 4.57 Å². The molecule has 0 aromatic carbocycles. The number of nitrogens with zero attached hydrogens (tertiary/aromatic N) is 4. The Bertz CT molecular complexity index is 857. The number of hydrogen-bond donors (Lipinski definition) is 0. The molecule has 1 aliphatic heterocycles. The van der Waals surface area contributed by atoms with Gasteiger partial charge in [0.25, 0.3) is 0 Å². The predicted octanol–water partition coefficient (Wildman–Crippen LogP) is 2.76. The first-order valence-electron chi connectivity index (χ1n) is 9.37. The van der Waals surface area contributed by atoms with Gasteiger partial charge in [-0.1, -0.05) is 6.92 Å². The van der Waals surface area contributed by atoms with Crippen molar-refractivity contribution >= 4 is 21.2 Å². The number of imidazole rings is 1. The second kappa shape index (κ2) is 6.68. The van der Waals surface area contributed by atoms with E-state index < -0.39 is 10.0 Å². The maximum absolute atomic E-state index is 12.4. The molecule has 2 fully saturated rings. The summed E-state index contributed by atoms with van der Waals surface area (Å²) in [6.45, 7) is 4.03. The summed E-state index contributed by atoms with van der Waals surface area (Å²) in [7, 11) is -3.11. The van der Waals surface area contributed by atoms with Gasteiger partial charge in [-0.2, -0.15) is 0 Å². The van der Waals surface area contributed by atoms with Crippen molar-refractivity contribution in [3.8, 4) is 0 Å². The van der Waals surface area contributed by atoms with Gasteiger partial charge in [-0.15, -0.1) is 0 Å². The Hall–Kier alpha value is -1.47. The molecule has 1 aliphatic carbocycles. The van der Waals surface area contributed by atoms with Gasteiger partial charge in [-0.05, 0) is 50.2 Å². The first-order valence-corrected chi connectivity index (χ1v) is 11.0. The number of sulfonamides is 1. The van der Waals surface area contributed by atoms with Crippen LogP contribution in [0.4, 0.5) is 0 Å². The number of fused-ring (bicyclic) bond motifs is 1. The zero-order chi connectivity index (χ0) is 17.4. The number of hydrogen-bond acceptors (Lipinski definition) is 4. The lowest BCUT2D eigenvalue weighted by Crippen LogP contribution is -2.42. The molecule has 136 valence electrons. The molecule has 2 aromatic heterocycles. The maximum Gasteiger partial charge on any atom is 0.214 e. The molecule has 1 atom stereocenters. The highest BCUT2D eigenvalue weighted by Crippen LogP contribution is 2.41. The van der Waals surface area contributed by atoms with E-state index in [9.17, 15) is 8.42 Å². The van der Waals surface area contributed by atoms with E-state index >= 15 is 0 Å². The van der Waals surface area contributed by atoms with Crippen molar-refractivity contribution in [2.24, 2.45) is 5.92 Å². The van der Waals surface area contributed by atoms with E-state index in [0.29, 0.717) is 31.3 Å². The fourth-order valence-corrected chi connectivity index (χ4v) is 5.50. The first-order chi connectivity index (χ1) is 12.1. The van der Waals surface area contributed by atoms with Gasteiger partial charge in [0.1, 0.15) is 11.3 Å². The van der Waals surface area contributed by atoms with Crippen LogP contribution in [0.25, 0.3) is 11.2 Å². The summed E-state index contributed by atoms with van der Waals surface area (Å²) >= 11 is 0. The summed E-state index contributed by atoms with van der Waals surface area (Å²) in [5.41, 5.74) is 1.90. The lowest BCUT2D eigenvalue weighted by Gasteiger charge is -2.32. The van der Waals surface area contributed by atoms with Crippen molar-refractivity contribution in [1.29, 1.82) is 0 Å². The van der Waals surface area contributed by atoms with E-state index in [1.54, 1.807) is 4.31 Å². The van der Waals surface area contributed by atoms with E-state index in [4.69, 9.17) is 4.98 Å². The normalized spacial score (nSPS) is 22.5. The summed E-state index contributed by atoms with van der Waals surface area (Å²) in [5.74, 6) is 2.28. The molecule has 1 saturated carbocycles. The van der Waals surface area contributed by atoms with Crippen molar-refractivity contribution in [3.05, 3.63) is 24.2 Å². The molecule has 0 bridgehead atoms. The van der Waals surface area contributed by atoms with Crippen LogP contribution >= 0.6 is 0 Å². The largest absolute Gasteiger partial charge is 0.312 e. The molecular formula is C18H26N4O2S. The second-order valence-electron chi connectivity index (χ2n) is 7.38. The standard InChI is InChI=1S/C18H26N4O2S/c1-2-11-25(23,24)21-10-4-5-14(12-21)13-22-17(15-7-8-15)20-16-6-3-9-19-18(16)22/h3,6,9,14-15H,2,4-5,7-8,10-13H2,1H3. The molecule has 25 heavy (non-hydrogen) atoms. The van der Waals surface area contributed by atoms with Gasteiger partial charge in [-0.3, -0.25) is 0 Å². The molecule has 6 nitrogen and oxygen atoms in total. The van der Waals surface area contributed by atoms with Gasteiger partial charge in [-0.25, -0.2) is 22.7 Å². The number of aromatic nitrogens is 3. The van der Waals surface area contributed by atoms with Gasteiger partial charge in [0, 0.05) is 31.7 Å². The molecule has 0 amide bonds. The molecule has 0 radical (unpaired) electrons. The van der Waals surface area contributed by atoms with E-state index in [2.05, 4.69) is 9.55 Å². The van der Waals surface area contributed by atoms with Crippen LogP contribution in [0.5, 0.6) is 0 Å². The maximum atomic E-state index is 12.4. The van der Waals surface area contributed by atoms with E-state index in [-0.39, 0.29) is 5.75 Å². The van der Waals surface area contributed by atoms with Crippen LogP contribution in [0.3, 0.4) is 0 Å². The topological polar surface area (TPSA) is 68.1 Å². The third-order valence-corrected chi connectivity index (χ3v) is 7.30. The molecule has 7 heteroatoms. The van der Waals surface area contributed by atoms with Gasteiger partial charge in [0.2, 0.25) is 10.0 Å². The smallest absolute Gasteiger partial charge is 0.214 e. The number of pyridine rings is 1. The molecule has 2 aliphatic rings. The first kappa shape index (κ1) is 17.0. The summed E-state index contributed by atoms with van der Waals surface area (Å²) in [6, 6.07) is 3.94. The Morgan fingerprint density at radius 3 is 2.88 bits per heavy atom. The van der Waals surface area contributed by atoms with Crippen LogP contribution < -0.4 is 0 Å². The van der Waals surface area contributed by atoms with Crippen LogP contribution in [0.1, 0.15) is 50.8 Å². The van der Waals surface area contributed by atoms with Crippen molar-refractivity contribution in [2.75, 3.05) is 18.8 Å². The third-order valence-electron chi connectivity index (χ3n) is 5.25. The van der Waals surface area contributed by atoms with E-state index in [1.807, 2.05) is 25.3 Å². The van der Waals surface area contributed by atoms with Crippen LogP contribution in [-0.2, 0) is 16.6 Å². The Balaban J connectivity index is 1.58. The highest BCUT2D eigenvalue weighted by Gasteiger charge is 2.33. The number of rotatable bonds is 6. The molecule has 3 heterocycles. The summed E-state index contributed by atoms with van der Waals surface area (Å²) in [5, 5.41) is 0. The van der Waals surface area contributed by atoms with E-state index in [1.165, 1.54) is 12.8 Å². The lowest BCUT2D eigenvalue weighted by atomic mass is 9.99. The Labute approximate surface area is 149 Å². The molecular weight excluding hydrogens is 336 g/mol. The average molecular weight is 362 g/mol. The molecule has 1 saturated heterocycles. The quantitative estimate of drug-likeness (QED) is 0.792. The fourth-order valence-electron chi connectivity index (χ4n) is 3.88. The van der Waals surface area contributed by atoms with Crippen LogP contribution in [0, 0.1) is 5.92 Å². The fraction of sp³-hybridized carbons (Fsp3) is 0.667. The van der Waals surface area contributed by atoms with Crippen molar-refractivity contribution < 1.29 is 8.42 Å². The zero-order valence-corrected chi connectivity index (χ0v) is 15.6. The monoisotopic (exact) mass is 362 g/mol. The molecule has 1 unspecified atom stereocenters. The highest BCUT2D eigenvalue weighted by atomic mass is 32.2. The highest BCUT2D eigenvalue weighted by molar-refractivity contribution is 7.89. The van der Waals surface area contributed by atoms with Crippen LogP contribution in [0.15, 0.2) is 18.3 Å². The summed E-state index contributed by atoms with van der Waals surface area (Å²) < 4.78 is 28.8. The Morgan fingerprint density at radius 1 is 1.28 bits per heavy atom. The SMILES string of the molecule is CCCS(=O)(=O)N1CCCC(Cn2c(C3CC3)nc3cccnc32)C1. The molecule has 0 N–H and O–H groups in total. The Morgan fingerprint density at radius 2 is 2.12 bits per heavy atom. The van der Waals surface area contributed by atoms with E-state index in [0.717, 1.165) is 36.4 Å². The minimum absolute atomic E-state index is 0.253. The minimum atomic E-state index is -3.11.